The van der Waals surface area contributed by atoms with Crippen molar-refractivity contribution in [3.05, 3.63) is 35.2 Å². The summed E-state index contributed by atoms with van der Waals surface area (Å²) in [6.07, 6.45) is 0.308. The maximum atomic E-state index is 12.5. The second kappa shape index (κ2) is 10.7. The van der Waals surface area contributed by atoms with Gasteiger partial charge >= 0.3 is 6.09 Å². The predicted molar refractivity (Wildman–Crippen MR) is 135 cm³/mol. The molecule has 184 valence electrons. The van der Waals surface area contributed by atoms with Gasteiger partial charge in [0.1, 0.15) is 5.60 Å². The molecule has 0 bridgehead atoms. The number of aryl methyl sites for hydroxylation is 2. The van der Waals surface area contributed by atoms with Gasteiger partial charge in [0.2, 0.25) is 10.9 Å². The summed E-state index contributed by atoms with van der Waals surface area (Å²) in [5.41, 5.74) is 2.31. The number of benzene rings is 1. The number of aromatic nitrogens is 4. The average Bonchev–Trinajstić information content (AvgIpc) is 3.32. The number of hydrogen-bond donors (Lipinski definition) is 2. The molecule has 0 saturated carbocycles. The van der Waals surface area contributed by atoms with E-state index in [0.29, 0.717) is 15.1 Å². The summed E-state index contributed by atoms with van der Waals surface area (Å²) in [5, 5.41) is 19.0. The maximum absolute atomic E-state index is 12.5. The van der Waals surface area contributed by atoms with E-state index in [1.807, 2.05) is 66.7 Å². The molecular weight excluding hydrogens is 472 g/mol. The highest BCUT2D eigenvalue weighted by Crippen LogP contribution is 2.29. The molecule has 0 saturated heterocycles. The van der Waals surface area contributed by atoms with Crippen LogP contribution in [0.15, 0.2) is 22.5 Å². The topological polar surface area (TPSA) is 111 Å². The molecule has 11 heteroatoms. The van der Waals surface area contributed by atoms with Gasteiger partial charge in [-0.15, -0.1) is 15.3 Å². The van der Waals surface area contributed by atoms with Gasteiger partial charge in [-0.05, 0) is 57.7 Å². The van der Waals surface area contributed by atoms with E-state index in [4.69, 9.17) is 4.74 Å². The lowest BCUT2D eigenvalue weighted by molar-refractivity contribution is -0.113. The summed E-state index contributed by atoms with van der Waals surface area (Å²) >= 11 is 2.69. The Kier molecular flexibility index (Phi) is 8.19. The van der Waals surface area contributed by atoms with Gasteiger partial charge in [-0.1, -0.05) is 55.5 Å². The lowest BCUT2D eigenvalue weighted by atomic mass is 9.99. The van der Waals surface area contributed by atoms with Crippen LogP contribution in [0.5, 0.6) is 0 Å². The Bertz CT molecular complexity index is 1170. The van der Waals surface area contributed by atoms with Gasteiger partial charge in [-0.25, -0.2) is 4.79 Å². The normalized spacial score (nSPS) is 13.5. The molecule has 34 heavy (non-hydrogen) atoms. The van der Waals surface area contributed by atoms with Crippen LogP contribution in [0, 0.1) is 19.8 Å². The number of nitrogens with one attached hydrogen (secondary N) is 2. The molecule has 2 atom stereocenters. The quantitative estimate of drug-likeness (QED) is 0.408. The zero-order valence-corrected chi connectivity index (χ0v) is 22.3. The van der Waals surface area contributed by atoms with E-state index in [0.717, 1.165) is 23.2 Å². The molecular formula is C23H32N6O3S2. The minimum absolute atomic E-state index is 0.0843. The second-order valence-electron chi connectivity index (χ2n) is 9.29. The third-order valence-electron chi connectivity index (χ3n) is 5.15. The van der Waals surface area contributed by atoms with Gasteiger partial charge in [0.25, 0.3) is 0 Å². The van der Waals surface area contributed by atoms with Gasteiger partial charge in [-0.2, -0.15) is 4.52 Å². The van der Waals surface area contributed by atoms with Crippen LogP contribution in [-0.4, -0.2) is 43.2 Å². The number of carbonyl (C=O) groups is 2. The van der Waals surface area contributed by atoms with Crippen LogP contribution < -0.4 is 10.6 Å². The van der Waals surface area contributed by atoms with E-state index < -0.39 is 17.7 Å². The molecule has 2 aromatic heterocycles. The highest BCUT2D eigenvalue weighted by molar-refractivity contribution is 8.01. The number of nitrogens with zero attached hydrogens (tertiary/aromatic N) is 4. The minimum atomic E-state index is -0.605. The summed E-state index contributed by atoms with van der Waals surface area (Å²) in [5.74, 6) is 0.741. The first-order valence-corrected chi connectivity index (χ1v) is 13.0. The third kappa shape index (κ3) is 6.69. The first kappa shape index (κ1) is 26.0. The molecule has 0 aliphatic rings. The second-order valence-corrected chi connectivity index (χ2v) is 11.5. The number of alkyl carbamates (subject to hydrolysis) is 1. The van der Waals surface area contributed by atoms with Crippen LogP contribution in [0.1, 0.15) is 64.0 Å². The lowest BCUT2D eigenvalue weighted by Gasteiger charge is -2.25. The Morgan fingerprint density at radius 2 is 1.97 bits per heavy atom. The molecule has 1 aromatic carbocycles. The number of amides is 2. The van der Waals surface area contributed by atoms with Crippen molar-refractivity contribution in [3.8, 4) is 0 Å². The maximum Gasteiger partial charge on any atom is 0.408 e. The van der Waals surface area contributed by atoms with Crippen molar-refractivity contribution >= 4 is 45.7 Å². The van der Waals surface area contributed by atoms with E-state index in [-0.39, 0.29) is 17.6 Å². The Morgan fingerprint density at radius 1 is 1.24 bits per heavy atom. The average molecular weight is 505 g/mol. The molecule has 2 N–H and O–H groups in total. The van der Waals surface area contributed by atoms with Gasteiger partial charge in [0, 0.05) is 5.69 Å². The smallest absolute Gasteiger partial charge is 0.408 e. The van der Waals surface area contributed by atoms with Crippen molar-refractivity contribution in [2.75, 3.05) is 11.1 Å². The molecule has 0 aliphatic heterocycles. The highest BCUT2D eigenvalue weighted by atomic mass is 32.2. The number of ether oxygens (including phenoxy) is 1. The third-order valence-corrected chi connectivity index (χ3v) is 7.19. The van der Waals surface area contributed by atoms with Crippen LogP contribution in [0.4, 0.5) is 10.5 Å². The van der Waals surface area contributed by atoms with Gasteiger partial charge in [0.15, 0.2) is 10.2 Å². The Hall–Kier alpha value is -2.66. The summed E-state index contributed by atoms with van der Waals surface area (Å²) < 4.78 is 7.77. The predicted octanol–water partition coefficient (Wildman–Crippen LogP) is 5.15. The van der Waals surface area contributed by atoms with Gasteiger partial charge in [0.05, 0.1) is 11.8 Å². The first-order chi connectivity index (χ1) is 16.0. The summed E-state index contributed by atoms with van der Waals surface area (Å²) in [6, 6.07) is 5.55. The number of hydrogen-bond acceptors (Lipinski definition) is 8. The summed E-state index contributed by atoms with van der Waals surface area (Å²) in [4.78, 5) is 25.5. The molecule has 2 amide bonds. The van der Waals surface area contributed by atoms with Crippen molar-refractivity contribution in [1.82, 2.24) is 25.1 Å². The van der Waals surface area contributed by atoms with Crippen molar-refractivity contribution < 1.29 is 14.3 Å². The van der Waals surface area contributed by atoms with E-state index in [2.05, 4.69) is 25.9 Å². The fourth-order valence-electron chi connectivity index (χ4n) is 3.18. The van der Waals surface area contributed by atoms with Crippen LogP contribution in [0.3, 0.4) is 0 Å². The number of fused-ring (bicyclic) bond motifs is 1. The largest absolute Gasteiger partial charge is 0.444 e. The molecule has 2 heterocycles. The molecule has 9 nitrogen and oxygen atoms in total. The standard InChI is InChI=1S/C23H32N6O3S2/c1-8-14(3)18(25-21(31)32-23(5,6)7)19-26-27-20-29(19)28-22(34-20)33-12-17(30)24-16-11-13(2)9-10-15(16)4/h9-11,14,18H,8,12H2,1-7H3,(H,24,30)(H,25,31). The number of carbonyl (C=O) groups excluding carboxylic acids is 2. The Balaban J connectivity index is 1.72. The minimum Gasteiger partial charge on any atom is -0.444 e. The fraction of sp³-hybridized carbons (Fsp3) is 0.522. The van der Waals surface area contributed by atoms with Gasteiger partial charge < -0.3 is 15.4 Å². The van der Waals surface area contributed by atoms with Crippen molar-refractivity contribution in [2.45, 2.75) is 70.9 Å². The van der Waals surface area contributed by atoms with E-state index >= 15 is 0 Å². The molecule has 3 rings (SSSR count). The fourth-order valence-corrected chi connectivity index (χ4v) is 4.87. The molecule has 0 aliphatic carbocycles. The summed E-state index contributed by atoms with van der Waals surface area (Å²) in [6.45, 7) is 13.5. The zero-order chi connectivity index (χ0) is 25.0. The van der Waals surface area contributed by atoms with Crippen LogP contribution in [-0.2, 0) is 9.53 Å². The van der Waals surface area contributed by atoms with Crippen LogP contribution >= 0.6 is 23.1 Å². The molecule has 0 spiro atoms. The molecule has 3 aromatic rings. The van der Waals surface area contributed by atoms with Crippen molar-refractivity contribution in [3.63, 3.8) is 0 Å². The monoisotopic (exact) mass is 504 g/mol. The zero-order valence-electron chi connectivity index (χ0n) is 20.6. The lowest BCUT2D eigenvalue weighted by Crippen LogP contribution is -2.38. The SMILES string of the molecule is CCC(C)C(NC(=O)OC(C)(C)C)c1nnc2sc(SCC(=O)Nc3cc(C)ccc3C)nn12. The highest BCUT2D eigenvalue weighted by Gasteiger charge is 2.29. The summed E-state index contributed by atoms with van der Waals surface area (Å²) in [7, 11) is 0. The Morgan fingerprint density at radius 3 is 2.65 bits per heavy atom. The molecule has 0 fully saturated rings. The molecule has 2 unspecified atom stereocenters. The van der Waals surface area contributed by atoms with Crippen molar-refractivity contribution in [2.24, 2.45) is 5.92 Å². The molecule has 0 radical (unpaired) electrons. The van der Waals surface area contributed by atoms with E-state index in [9.17, 15) is 9.59 Å². The number of rotatable bonds is 8. The number of anilines is 1. The van der Waals surface area contributed by atoms with E-state index in [1.54, 1.807) is 4.52 Å². The van der Waals surface area contributed by atoms with Crippen LogP contribution in [0.2, 0.25) is 0 Å². The Labute approximate surface area is 208 Å². The van der Waals surface area contributed by atoms with Crippen molar-refractivity contribution in [1.29, 1.82) is 0 Å². The van der Waals surface area contributed by atoms with Crippen LogP contribution in [0.25, 0.3) is 4.96 Å². The van der Waals surface area contributed by atoms with E-state index in [1.165, 1.54) is 23.1 Å². The van der Waals surface area contributed by atoms with Gasteiger partial charge in [-0.3, -0.25) is 4.79 Å². The first-order valence-electron chi connectivity index (χ1n) is 11.2. The number of thioether (sulfide) groups is 1.